The molecule has 2 heterocycles. The topological polar surface area (TPSA) is 41.6 Å². The van der Waals surface area contributed by atoms with Gasteiger partial charge < -0.3 is 15.0 Å². The predicted molar refractivity (Wildman–Crippen MR) is 76.0 cm³/mol. The third-order valence-corrected chi connectivity index (χ3v) is 4.01. The van der Waals surface area contributed by atoms with Crippen LogP contribution < -0.4 is 10.1 Å². The molecule has 19 heavy (non-hydrogen) atoms. The Balaban J connectivity index is 0.00000133. The highest BCUT2D eigenvalue weighted by molar-refractivity contribution is 5.94. The maximum atomic E-state index is 12.3. The van der Waals surface area contributed by atoms with E-state index >= 15 is 0 Å². The highest BCUT2D eigenvalue weighted by Gasteiger charge is 2.38. The Hall–Kier alpha value is -1.26. The van der Waals surface area contributed by atoms with Crippen LogP contribution in [0.4, 0.5) is 0 Å². The molecule has 1 amide bonds. The Morgan fingerprint density at radius 3 is 2.32 bits per heavy atom. The van der Waals surface area contributed by atoms with Crippen molar-refractivity contribution in [2.45, 2.75) is 0 Å². The van der Waals surface area contributed by atoms with Gasteiger partial charge in [-0.25, -0.2) is 0 Å². The summed E-state index contributed by atoms with van der Waals surface area (Å²) in [5.74, 6) is 2.22. The Labute approximate surface area is 119 Å². The lowest BCUT2D eigenvalue weighted by Gasteiger charge is -2.17. The molecule has 0 spiro atoms. The molecule has 2 atom stereocenters. The minimum atomic E-state index is 0. The third kappa shape index (κ3) is 2.69. The number of halogens is 1. The molecule has 1 aromatic rings. The number of rotatable bonds is 2. The van der Waals surface area contributed by atoms with E-state index in [9.17, 15) is 4.79 Å². The van der Waals surface area contributed by atoms with Gasteiger partial charge in [0.15, 0.2) is 0 Å². The van der Waals surface area contributed by atoms with Crippen molar-refractivity contribution in [2.75, 3.05) is 33.3 Å². The van der Waals surface area contributed by atoms with Crippen LogP contribution in [-0.2, 0) is 0 Å². The average molecular weight is 283 g/mol. The molecule has 3 rings (SSSR count). The molecule has 2 aliphatic heterocycles. The maximum Gasteiger partial charge on any atom is 0.253 e. The van der Waals surface area contributed by atoms with Crippen LogP contribution in [0.15, 0.2) is 24.3 Å². The number of fused-ring (bicyclic) bond motifs is 1. The van der Waals surface area contributed by atoms with Crippen LogP contribution in [0.5, 0.6) is 5.75 Å². The van der Waals surface area contributed by atoms with Crippen molar-refractivity contribution in [1.29, 1.82) is 0 Å². The van der Waals surface area contributed by atoms with Gasteiger partial charge in [0.05, 0.1) is 7.11 Å². The molecule has 0 aliphatic carbocycles. The van der Waals surface area contributed by atoms with Crippen LogP contribution in [0, 0.1) is 11.8 Å². The highest BCUT2D eigenvalue weighted by atomic mass is 35.5. The summed E-state index contributed by atoms with van der Waals surface area (Å²) in [5.41, 5.74) is 0.753. The van der Waals surface area contributed by atoms with Crippen molar-refractivity contribution < 1.29 is 9.53 Å². The van der Waals surface area contributed by atoms with Crippen molar-refractivity contribution in [2.24, 2.45) is 11.8 Å². The minimum absolute atomic E-state index is 0. The Kier molecular flexibility index (Phi) is 4.32. The zero-order chi connectivity index (χ0) is 12.5. The Bertz CT molecular complexity index is 437. The summed E-state index contributed by atoms with van der Waals surface area (Å²) >= 11 is 0. The van der Waals surface area contributed by atoms with Crippen LogP contribution in [-0.4, -0.2) is 44.1 Å². The summed E-state index contributed by atoms with van der Waals surface area (Å²) in [7, 11) is 1.63. The zero-order valence-electron chi connectivity index (χ0n) is 11.0. The molecule has 1 N–H and O–H groups in total. The lowest BCUT2D eigenvalue weighted by molar-refractivity contribution is 0.0781. The summed E-state index contributed by atoms with van der Waals surface area (Å²) in [6, 6.07) is 7.36. The normalized spacial score (nSPS) is 24.8. The van der Waals surface area contributed by atoms with Gasteiger partial charge in [-0.2, -0.15) is 0 Å². The molecular weight excluding hydrogens is 264 g/mol. The first-order valence-electron chi connectivity index (χ1n) is 6.42. The molecule has 2 aliphatic rings. The molecule has 0 radical (unpaired) electrons. The summed E-state index contributed by atoms with van der Waals surface area (Å²) in [4.78, 5) is 14.3. The lowest BCUT2D eigenvalue weighted by Crippen LogP contribution is -2.31. The van der Waals surface area contributed by atoms with Gasteiger partial charge in [0.25, 0.3) is 5.91 Å². The van der Waals surface area contributed by atoms with Crippen molar-refractivity contribution in [1.82, 2.24) is 10.2 Å². The summed E-state index contributed by atoms with van der Waals surface area (Å²) in [6.07, 6.45) is 0. The summed E-state index contributed by atoms with van der Waals surface area (Å²) in [6.45, 7) is 3.89. The molecule has 4 nitrogen and oxygen atoms in total. The SMILES string of the molecule is COc1ccc(C(=O)N2CC3CNCC3C2)cc1.Cl. The third-order valence-electron chi connectivity index (χ3n) is 4.01. The van der Waals surface area contributed by atoms with E-state index in [1.165, 1.54) is 0 Å². The molecule has 5 heteroatoms. The van der Waals surface area contributed by atoms with Crippen LogP contribution >= 0.6 is 12.4 Å². The molecule has 2 fully saturated rings. The van der Waals surface area contributed by atoms with E-state index in [2.05, 4.69) is 5.32 Å². The Morgan fingerprint density at radius 1 is 1.21 bits per heavy atom. The van der Waals surface area contributed by atoms with Gasteiger partial charge in [-0.15, -0.1) is 12.4 Å². The van der Waals surface area contributed by atoms with Crippen molar-refractivity contribution in [3.05, 3.63) is 29.8 Å². The van der Waals surface area contributed by atoms with E-state index in [0.717, 1.165) is 37.5 Å². The number of nitrogens with one attached hydrogen (secondary N) is 1. The van der Waals surface area contributed by atoms with E-state index in [1.807, 2.05) is 29.2 Å². The number of benzene rings is 1. The first kappa shape index (κ1) is 14.2. The van der Waals surface area contributed by atoms with Crippen LogP contribution in [0.3, 0.4) is 0 Å². The quantitative estimate of drug-likeness (QED) is 0.892. The fraction of sp³-hybridized carbons (Fsp3) is 0.500. The second-order valence-electron chi connectivity index (χ2n) is 5.12. The van der Waals surface area contributed by atoms with Crippen LogP contribution in [0.25, 0.3) is 0 Å². The number of nitrogens with zero attached hydrogens (tertiary/aromatic N) is 1. The van der Waals surface area contributed by atoms with Gasteiger partial charge in [-0.1, -0.05) is 0 Å². The van der Waals surface area contributed by atoms with E-state index in [-0.39, 0.29) is 18.3 Å². The van der Waals surface area contributed by atoms with Gasteiger partial charge in [-0.05, 0) is 36.1 Å². The predicted octanol–water partition coefficient (Wildman–Crippen LogP) is 1.41. The summed E-state index contributed by atoms with van der Waals surface area (Å²) in [5, 5.41) is 3.38. The first-order chi connectivity index (χ1) is 8.78. The van der Waals surface area contributed by atoms with Crippen molar-refractivity contribution in [3.8, 4) is 5.75 Å². The minimum Gasteiger partial charge on any atom is -0.497 e. The van der Waals surface area contributed by atoms with E-state index < -0.39 is 0 Å². The number of carbonyl (C=O) groups is 1. The molecule has 2 saturated heterocycles. The highest BCUT2D eigenvalue weighted by Crippen LogP contribution is 2.27. The van der Waals surface area contributed by atoms with Gasteiger partial charge in [0.1, 0.15) is 5.75 Å². The van der Waals surface area contributed by atoms with Crippen LogP contribution in [0.1, 0.15) is 10.4 Å². The fourth-order valence-corrected chi connectivity index (χ4v) is 2.94. The molecule has 1 aromatic carbocycles. The number of carbonyl (C=O) groups excluding carboxylic acids is 1. The lowest BCUT2D eigenvalue weighted by atomic mass is 10.0. The molecule has 0 bridgehead atoms. The molecule has 2 unspecified atom stereocenters. The first-order valence-corrected chi connectivity index (χ1v) is 6.42. The number of methoxy groups -OCH3 is 1. The number of amides is 1. The molecular formula is C14H19ClN2O2. The van der Waals surface area contributed by atoms with E-state index in [1.54, 1.807) is 7.11 Å². The Morgan fingerprint density at radius 2 is 1.79 bits per heavy atom. The second kappa shape index (κ2) is 5.80. The molecule has 0 saturated carbocycles. The smallest absolute Gasteiger partial charge is 0.253 e. The molecule has 104 valence electrons. The number of ether oxygens (including phenoxy) is 1. The second-order valence-corrected chi connectivity index (χ2v) is 5.12. The van der Waals surface area contributed by atoms with E-state index in [0.29, 0.717) is 11.8 Å². The van der Waals surface area contributed by atoms with E-state index in [4.69, 9.17) is 4.74 Å². The van der Waals surface area contributed by atoms with Gasteiger partial charge in [-0.3, -0.25) is 4.79 Å². The number of hydrogen-bond acceptors (Lipinski definition) is 3. The number of likely N-dealkylation sites (tertiary alicyclic amines) is 1. The van der Waals surface area contributed by atoms with Gasteiger partial charge >= 0.3 is 0 Å². The van der Waals surface area contributed by atoms with Crippen molar-refractivity contribution >= 4 is 18.3 Å². The number of hydrogen-bond donors (Lipinski definition) is 1. The largest absolute Gasteiger partial charge is 0.497 e. The zero-order valence-corrected chi connectivity index (χ0v) is 11.8. The standard InChI is InChI=1S/C14H18N2O2.ClH/c1-18-13-4-2-10(3-5-13)14(17)16-8-11-6-15-7-12(11)9-16;/h2-5,11-12,15H,6-9H2,1H3;1H. The fourth-order valence-electron chi connectivity index (χ4n) is 2.94. The van der Waals surface area contributed by atoms with Gasteiger partial charge in [0.2, 0.25) is 0 Å². The van der Waals surface area contributed by atoms with Gasteiger partial charge in [0, 0.05) is 31.7 Å². The van der Waals surface area contributed by atoms with Crippen LogP contribution in [0.2, 0.25) is 0 Å². The average Bonchev–Trinajstić information content (AvgIpc) is 2.99. The monoisotopic (exact) mass is 282 g/mol. The molecule has 0 aromatic heterocycles. The maximum absolute atomic E-state index is 12.3. The van der Waals surface area contributed by atoms with Crippen molar-refractivity contribution in [3.63, 3.8) is 0 Å². The summed E-state index contributed by atoms with van der Waals surface area (Å²) < 4.78 is 5.10.